The maximum atomic E-state index is 12.6. The highest BCUT2D eigenvalue weighted by molar-refractivity contribution is 9.10. The van der Waals surface area contributed by atoms with E-state index < -0.39 is 30.6 Å². The van der Waals surface area contributed by atoms with Gasteiger partial charge in [0.25, 0.3) is 0 Å². The largest absolute Gasteiger partial charge is 0.229 e. The van der Waals surface area contributed by atoms with Gasteiger partial charge in [-0.2, -0.15) is 0 Å². The van der Waals surface area contributed by atoms with Crippen LogP contribution >= 0.6 is 15.9 Å². The number of benzene rings is 1. The van der Waals surface area contributed by atoms with Crippen molar-refractivity contribution in [3.63, 3.8) is 0 Å². The summed E-state index contributed by atoms with van der Waals surface area (Å²) >= 11 is 3.37. The van der Waals surface area contributed by atoms with Crippen LogP contribution in [-0.4, -0.2) is 33.6 Å². The maximum Gasteiger partial charge on any atom is 0.215 e. The number of sulfonamides is 1. The van der Waals surface area contributed by atoms with Crippen molar-refractivity contribution in [1.82, 2.24) is 4.72 Å². The van der Waals surface area contributed by atoms with Gasteiger partial charge in [0.2, 0.25) is 10.0 Å². The molecule has 1 saturated heterocycles. The Bertz CT molecular complexity index is 754. The Morgan fingerprint density at radius 2 is 1.64 bits per heavy atom. The average Bonchev–Trinajstić information content (AvgIpc) is 3.19. The van der Waals surface area contributed by atoms with Crippen LogP contribution in [0.15, 0.2) is 28.7 Å². The van der Waals surface area contributed by atoms with Crippen molar-refractivity contribution in [2.45, 2.75) is 36.5 Å². The minimum atomic E-state index is -3.51. The van der Waals surface area contributed by atoms with Crippen LogP contribution in [0.4, 0.5) is 0 Å². The summed E-state index contributed by atoms with van der Waals surface area (Å²) < 4.78 is 51.9. The molecule has 1 aromatic rings. The van der Waals surface area contributed by atoms with Crippen LogP contribution in [-0.2, 0) is 25.4 Å². The lowest BCUT2D eigenvalue weighted by Crippen LogP contribution is -2.44. The Morgan fingerprint density at radius 1 is 1.09 bits per heavy atom. The van der Waals surface area contributed by atoms with Gasteiger partial charge in [-0.25, -0.2) is 21.6 Å². The van der Waals surface area contributed by atoms with E-state index in [4.69, 9.17) is 0 Å². The summed E-state index contributed by atoms with van der Waals surface area (Å²) in [6.07, 6.45) is 1.93. The fourth-order valence-corrected chi connectivity index (χ4v) is 6.82. The molecule has 2 fully saturated rings. The molecule has 3 rings (SSSR count). The van der Waals surface area contributed by atoms with Gasteiger partial charge in [0.05, 0.1) is 22.3 Å². The lowest BCUT2D eigenvalue weighted by Gasteiger charge is -2.26. The molecule has 1 aromatic carbocycles. The third kappa shape index (κ3) is 3.39. The topological polar surface area (TPSA) is 80.3 Å². The molecule has 1 N–H and O–H groups in total. The fourth-order valence-electron chi connectivity index (χ4n) is 2.88. The van der Waals surface area contributed by atoms with E-state index in [-0.39, 0.29) is 24.3 Å². The molecule has 1 heterocycles. The van der Waals surface area contributed by atoms with Crippen LogP contribution in [0, 0.1) is 0 Å². The molecule has 1 aliphatic carbocycles. The summed E-state index contributed by atoms with van der Waals surface area (Å²) in [4.78, 5) is 0. The first-order valence-corrected chi connectivity index (χ1v) is 11.4. The van der Waals surface area contributed by atoms with Gasteiger partial charge in [-0.3, -0.25) is 0 Å². The minimum absolute atomic E-state index is 0.0378. The SMILES string of the molecule is O=S1(=O)CCC(S(=O)(=O)NC2(c3ccc(Br)cc3)CC2)CC1. The van der Waals surface area contributed by atoms with E-state index in [9.17, 15) is 16.8 Å². The lowest BCUT2D eigenvalue weighted by atomic mass is 10.1. The van der Waals surface area contributed by atoms with E-state index in [1.807, 2.05) is 24.3 Å². The molecule has 0 radical (unpaired) electrons. The zero-order valence-electron chi connectivity index (χ0n) is 12.0. The highest BCUT2D eigenvalue weighted by Gasteiger charge is 2.49. The standard InChI is InChI=1S/C14H18BrNO4S2/c15-12-3-1-11(2-4-12)14(7-8-14)16-22(19,20)13-5-9-21(17,18)10-6-13/h1-4,13,16H,5-10H2. The second-order valence-corrected chi connectivity index (χ2v) is 11.3. The summed E-state index contributed by atoms with van der Waals surface area (Å²) in [7, 11) is -6.57. The number of sulfone groups is 1. The van der Waals surface area contributed by atoms with Gasteiger partial charge in [0, 0.05) is 4.47 Å². The second-order valence-electron chi connectivity index (χ2n) is 6.09. The van der Waals surface area contributed by atoms with E-state index in [0.717, 1.165) is 22.9 Å². The van der Waals surface area contributed by atoms with Crippen molar-refractivity contribution in [3.05, 3.63) is 34.3 Å². The summed E-state index contributed by atoms with van der Waals surface area (Å²) in [6.45, 7) is 0. The number of hydrogen-bond donors (Lipinski definition) is 1. The molecule has 1 aliphatic heterocycles. The van der Waals surface area contributed by atoms with Gasteiger partial charge in [0.1, 0.15) is 9.84 Å². The van der Waals surface area contributed by atoms with Crippen LogP contribution in [0.2, 0.25) is 0 Å². The molecule has 0 atom stereocenters. The van der Waals surface area contributed by atoms with Crippen LogP contribution in [0.25, 0.3) is 0 Å². The summed E-state index contributed by atoms with van der Waals surface area (Å²) in [6, 6.07) is 7.64. The Morgan fingerprint density at radius 3 is 2.14 bits per heavy atom. The molecule has 0 bridgehead atoms. The molecular formula is C14H18BrNO4S2. The monoisotopic (exact) mass is 407 g/mol. The molecule has 1 saturated carbocycles. The average molecular weight is 408 g/mol. The molecule has 8 heteroatoms. The van der Waals surface area contributed by atoms with Gasteiger partial charge in [-0.05, 0) is 43.4 Å². The maximum absolute atomic E-state index is 12.6. The van der Waals surface area contributed by atoms with E-state index in [1.165, 1.54) is 0 Å². The zero-order valence-corrected chi connectivity index (χ0v) is 15.2. The smallest absolute Gasteiger partial charge is 0.215 e. The Kier molecular flexibility index (Phi) is 4.16. The number of rotatable bonds is 4. The third-order valence-corrected chi connectivity index (χ3v) is 8.69. The molecule has 2 aliphatic rings. The third-order valence-electron chi connectivity index (χ3n) is 4.42. The van der Waals surface area contributed by atoms with Crippen molar-refractivity contribution in [2.75, 3.05) is 11.5 Å². The number of halogens is 1. The highest BCUT2D eigenvalue weighted by Crippen LogP contribution is 2.46. The van der Waals surface area contributed by atoms with E-state index in [1.54, 1.807) is 0 Å². The van der Waals surface area contributed by atoms with Gasteiger partial charge in [0.15, 0.2) is 0 Å². The highest BCUT2D eigenvalue weighted by atomic mass is 79.9. The quantitative estimate of drug-likeness (QED) is 0.826. The van der Waals surface area contributed by atoms with Crippen molar-refractivity contribution < 1.29 is 16.8 Å². The molecular weight excluding hydrogens is 390 g/mol. The zero-order chi connectivity index (χ0) is 16.0. The van der Waals surface area contributed by atoms with Gasteiger partial charge in [-0.15, -0.1) is 0 Å². The predicted molar refractivity (Wildman–Crippen MR) is 88.8 cm³/mol. The Labute approximate surface area is 139 Å². The normalized spacial score (nSPS) is 24.0. The molecule has 0 amide bonds. The molecule has 0 unspecified atom stereocenters. The van der Waals surface area contributed by atoms with Gasteiger partial charge in [-0.1, -0.05) is 28.1 Å². The molecule has 5 nitrogen and oxygen atoms in total. The molecule has 122 valence electrons. The summed E-state index contributed by atoms with van der Waals surface area (Å²) in [5.41, 5.74) is 0.457. The summed E-state index contributed by atoms with van der Waals surface area (Å²) in [5.74, 6) is -0.0757. The van der Waals surface area contributed by atoms with Crippen LogP contribution in [0.3, 0.4) is 0 Å². The minimum Gasteiger partial charge on any atom is -0.229 e. The first-order valence-electron chi connectivity index (χ1n) is 7.22. The van der Waals surface area contributed by atoms with E-state index in [2.05, 4.69) is 20.7 Å². The van der Waals surface area contributed by atoms with Crippen LogP contribution < -0.4 is 4.72 Å². The van der Waals surface area contributed by atoms with Crippen molar-refractivity contribution in [2.24, 2.45) is 0 Å². The van der Waals surface area contributed by atoms with E-state index in [0.29, 0.717) is 0 Å². The summed E-state index contributed by atoms with van der Waals surface area (Å²) in [5, 5.41) is -0.607. The fraction of sp³-hybridized carbons (Fsp3) is 0.571. The first-order chi connectivity index (χ1) is 10.2. The lowest BCUT2D eigenvalue weighted by molar-refractivity contribution is 0.522. The number of nitrogens with one attached hydrogen (secondary N) is 1. The first kappa shape index (κ1) is 16.4. The molecule has 0 spiro atoms. The van der Waals surface area contributed by atoms with Crippen molar-refractivity contribution in [3.8, 4) is 0 Å². The van der Waals surface area contributed by atoms with Gasteiger partial charge >= 0.3 is 0 Å². The van der Waals surface area contributed by atoms with Gasteiger partial charge < -0.3 is 0 Å². The van der Waals surface area contributed by atoms with Crippen molar-refractivity contribution >= 4 is 35.8 Å². The van der Waals surface area contributed by atoms with Crippen LogP contribution in [0.1, 0.15) is 31.2 Å². The molecule has 22 heavy (non-hydrogen) atoms. The predicted octanol–water partition coefficient (Wildman–Crippen LogP) is 1.93. The van der Waals surface area contributed by atoms with Crippen molar-refractivity contribution in [1.29, 1.82) is 0 Å². The second kappa shape index (κ2) is 5.58. The number of hydrogen-bond acceptors (Lipinski definition) is 4. The van der Waals surface area contributed by atoms with Crippen LogP contribution in [0.5, 0.6) is 0 Å². The Hall–Kier alpha value is -0.440. The van der Waals surface area contributed by atoms with E-state index >= 15 is 0 Å². The molecule has 0 aromatic heterocycles. The Balaban J connectivity index is 1.76.